The van der Waals surface area contributed by atoms with Crippen molar-refractivity contribution in [3.8, 4) is 11.5 Å². The van der Waals surface area contributed by atoms with Crippen molar-refractivity contribution in [1.82, 2.24) is 4.90 Å². The van der Waals surface area contributed by atoms with Crippen LogP contribution in [0.4, 0.5) is 0 Å². The summed E-state index contributed by atoms with van der Waals surface area (Å²) in [6.45, 7) is 7.61. The summed E-state index contributed by atoms with van der Waals surface area (Å²) in [6, 6.07) is 5.17. The third-order valence-electron chi connectivity index (χ3n) is 4.38. The molecule has 2 heterocycles. The number of ether oxygens (including phenoxy) is 5. The van der Waals surface area contributed by atoms with Gasteiger partial charge in [0.05, 0.1) is 20.3 Å². The Morgan fingerprint density at radius 2 is 1.79 bits per heavy atom. The van der Waals surface area contributed by atoms with Crippen LogP contribution in [0.5, 0.6) is 11.5 Å². The molecule has 0 atom stereocenters. The van der Waals surface area contributed by atoms with Crippen LogP contribution in [0.25, 0.3) is 6.08 Å². The summed E-state index contributed by atoms with van der Waals surface area (Å²) in [6.07, 6.45) is 1.42. The molecule has 0 spiro atoms. The number of benzene rings is 1. The number of morpholine rings is 1. The van der Waals surface area contributed by atoms with Crippen molar-refractivity contribution >= 4 is 18.0 Å². The zero-order valence-electron chi connectivity index (χ0n) is 16.4. The molecule has 2 aliphatic heterocycles. The molecule has 0 unspecified atom stereocenters. The van der Waals surface area contributed by atoms with Gasteiger partial charge in [-0.15, -0.1) is 0 Å². The number of cyclic esters (lactones) is 2. The summed E-state index contributed by atoms with van der Waals surface area (Å²) in [5.74, 6) is -1.60. The Hall–Kier alpha value is -2.58. The Kier molecular flexibility index (Phi) is 6.21. The third kappa shape index (κ3) is 5.02. The van der Waals surface area contributed by atoms with E-state index in [-0.39, 0.29) is 5.57 Å². The first-order chi connectivity index (χ1) is 13.4. The van der Waals surface area contributed by atoms with Crippen molar-refractivity contribution in [3.05, 3.63) is 29.3 Å². The SMILES string of the molecule is COc1cc(C=C2C(=O)OC(C)(C)OC2=O)ccc1OCCN1CCOCC1. The van der Waals surface area contributed by atoms with Gasteiger partial charge in [0.2, 0.25) is 0 Å². The maximum Gasteiger partial charge on any atom is 0.348 e. The van der Waals surface area contributed by atoms with Crippen LogP contribution >= 0.6 is 0 Å². The molecule has 0 aromatic heterocycles. The van der Waals surface area contributed by atoms with Gasteiger partial charge in [0.25, 0.3) is 5.79 Å². The van der Waals surface area contributed by atoms with E-state index in [0.29, 0.717) is 23.7 Å². The van der Waals surface area contributed by atoms with Crippen LogP contribution < -0.4 is 9.47 Å². The number of hydrogen-bond acceptors (Lipinski definition) is 8. The number of methoxy groups -OCH3 is 1. The minimum atomic E-state index is -1.26. The van der Waals surface area contributed by atoms with Crippen LogP contribution in [0, 0.1) is 0 Å². The molecule has 0 saturated carbocycles. The molecule has 2 aliphatic rings. The normalized spacial score (nSPS) is 19.6. The highest BCUT2D eigenvalue weighted by Gasteiger charge is 2.38. The largest absolute Gasteiger partial charge is 0.493 e. The van der Waals surface area contributed by atoms with Gasteiger partial charge in [-0.25, -0.2) is 9.59 Å². The van der Waals surface area contributed by atoms with E-state index in [4.69, 9.17) is 23.7 Å². The second-order valence-corrected chi connectivity index (χ2v) is 6.95. The third-order valence-corrected chi connectivity index (χ3v) is 4.38. The van der Waals surface area contributed by atoms with E-state index in [1.165, 1.54) is 27.0 Å². The van der Waals surface area contributed by atoms with E-state index in [2.05, 4.69) is 4.90 Å². The fourth-order valence-corrected chi connectivity index (χ4v) is 2.95. The van der Waals surface area contributed by atoms with Crippen molar-refractivity contribution < 1.29 is 33.3 Å². The highest BCUT2D eigenvalue weighted by atomic mass is 16.7. The zero-order chi connectivity index (χ0) is 20.1. The summed E-state index contributed by atoms with van der Waals surface area (Å²) in [7, 11) is 1.53. The summed E-state index contributed by atoms with van der Waals surface area (Å²) in [5.41, 5.74) is 0.434. The number of rotatable bonds is 6. The van der Waals surface area contributed by atoms with E-state index in [1.807, 2.05) is 0 Å². The number of carbonyl (C=O) groups is 2. The molecule has 3 rings (SSSR count). The predicted molar refractivity (Wildman–Crippen MR) is 100.0 cm³/mol. The van der Waals surface area contributed by atoms with Crippen LogP contribution in [0.2, 0.25) is 0 Å². The van der Waals surface area contributed by atoms with Gasteiger partial charge in [-0.3, -0.25) is 4.90 Å². The monoisotopic (exact) mass is 391 g/mol. The lowest BCUT2D eigenvalue weighted by molar-refractivity contribution is -0.222. The molecule has 0 radical (unpaired) electrons. The van der Waals surface area contributed by atoms with Gasteiger partial charge in [0.1, 0.15) is 12.2 Å². The fourth-order valence-electron chi connectivity index (χ4n) is 2.95. The quantitative estimate of drug-likeness (QED) is 0.411. The van der Waals surface area contributed by atoms with E-state index < -0.39 is 17.7 Å². The summed E-state index contributed by atoms with van der Waals surface area (Å²) >= 11 is 0. The maximum atomic E-state index is 12.1. The van der Waals surface area contributed by atoms with E-state index in [9.17, 15) is 9.59 Å². The molecule has 152 valence electrons. The Morgan fingerprint density at radius 3 is 2.43 bits per heavy atom. The number of esters is 2. The molecule has 8 heteroatoms. The second kappa shape index (κ2) is 8.62. The fraction of sp³-hybridized carbons (Fsp3) is 0.500. The van der Waals surface area contributed by atoms with Crippen LogP contribution in [-0.4, -0.2) is 69.2 Å². The lowest BCUT2D eigenvalue weighted by atomic mass is 10.1. The van der Waals surface area contributed by atoms with Gasteiger partial charge < -0.3 is 23.7 Å². The average Bonchev–Trinajstić information content (AvgIpc) is 2.65. The molecule has 1 aromatic rings. The van der Waals surface area contributed by atoms with Crippen LogP contribution in [-0.2, 0) is 23.8 Å². The smallest absolute Gasteiger partial charge is 0.348 e. The van der Waals surface area contributed by atoms with Gasteiger partial charge in [-0.2, -0.15) is 0 Å². The van der Waals surface area contributed by atoms with Gasteiger partial charge in [0, 0.05) is 33.5 Å². The molecule has 0 bridgehead atoms. The van der Waals surface area contributed by atoms with Crippen molar-refractivity contribution in [1.29, 1.82) is 0 Å². The van der Waals surface area contributed by atoms with E-state index in [1.54, 1.807) is 18.2 Å². The molecule has 1 aromatic carbocycles. The van der Waals surface area contributed by atoms with Crippen LogP contribution in [0.15, 0.2) is 23.8 Å². The standard InChI is InChI=1S/C20H25NO7/c1-20(2)27-18(22)15(19(23)28-20)12-14-4-5-16(17(13-14)24-3)26-11-8-21-6-9-25-10-7-21/h4-5,12-13H,6-11H2,1-3H3. The van der Waals surface area contributed by atoms with Gasteiger partial charge >= 0.3 is 11.9 Å². The highest BCUT2D eigenvalue weighted by molar-refractivity contribution is 6.18. The minimum Gasteiger partial charge on any atom is -0.493 e. The Balaban J connectivity index is 1.67. The Labute approximate surface area is 163 Å². The molecular formula is C20H25NO7. The Bertz CT molecular complexity index is 744. The molecule has 8 nitrogen and oxygen atoms in total. The van der Waals surface area contributed by atoms with Gasteiger partial charge in [-0.05, 0) is 23.8 Å². The summed E-state index contributed by atoms with van der Waals surface area (Å²) < 4.78 is 26.7. The van der Waals surface area contributed by atoms with Crippen LogP contribution in [0.1, 0.15) is 19.4 Å². The molecule has 0 N–H and O–H groups in total. The number of carbonyl (C=O) groups excluding carboxylic acids is 2. The number of nitrogens with zero attached hydrogens (tertiary/aromatic N) is 1. The zero-order valence-corrected chi connectivity index (χ0v) is 16.4. The highest BCUT2D eigenvalue weighted by Crippen LogP contribution is 2.30. The summed E-state index contributed by atoms with van der Waals surface area (Å²) in [4.78, 5) is 26.4. The molecule has 0 amide bonds. The predicted octanol–water partition coefficient (Wildman–Crippen LogP) is 1.63. The van der Waals surface area contributed by atoms with Crippen LogP contribution in [0.3, 0.4) is 0 Å². The van der Waals surface area contributed by atoms with E-state index >= 15 is 0 Å². The van der Waals surface area contributed by atoms with Crippen molar-refractivity contribution in [2.45, 2.75) is 19.6 Å². The molecule has 28 heavy (non-hydrogen) atoms. The lowest BCUT2D eigenvalue weighted by Crippen LogP contribution is -2.41. The Morgan fingerprint density at radius 1 is 1.11 bits per heavy atom. The van der Waals surface area contributed by atoms with Crippen molar-refractivity contribution in [2.75, 3.05) is 46.6 Å². The minimum absolute atomic E-state index is 0.164. The van der Waals surface area contributed by atoms with Crippen molar-refractivity contribution in [3.63, 3.8) is 0 Å². The second-order valence-electron chi connectivity index (χ2n) is 6.95. The lowest BCUT2D eigenvalue weighted by Gasteiger charge is -2.29. The first kappa shape index (κ1) is 20.2. The van der Waals surface area contributed by atoms with Gasteiger partial charge in [0.15, 0.2) is 11.5 Å². The molecule has 2 saturated heterocycles. The first-order valence-electron chi connectivity index (χ1n) is 9.17. The number of hydrogen-bond donors (Lipinski definition) is 0. The van der Waals surface area contributed by atoms with Crippen molar-refractivity contribution in [2.24, 2.45) is 0 Å². The molecular weight excluding hydrogens is 366 g/mol. The maximum absolute atomic E-state index is 12.1. The molecule has 2 fully saturated rings. The summed E-state index contributed by atoms with van der Waals surface area (Å²) in [5, 5.41) is 0. The average molecular weight is 391 g/mol. The van der Waals surface area contributed by atoms with Gasteiger partial charge in [-0.1, -0.05) is 6.07 Å². The molecule has 0 aliphatic carbocycles. The topological polar surface area (TPSA) is 83.5 Å². The first-order valence-corrected chi connectivity index (χ1v) is 9.17. The van der Waals surface area contributed by atoms with E-state index in [0.717, 1.165) is 32.8 Å².